The Morgan fingerprint density at radius 1 is 1.60 bits per heavy atom. The first kappa shape index (κ1) is 19.7. The van der Waals surface area contributed by atoms with Crippen LogP contribution in [0.25, 0.3) is 0 Å². The second-order valence-electron chi connectivity index (χ2n) is 0.0745. The van der Waals surface area contributed by atoms with Gasteiger partial charge in [-0.15, -0.1) is 5.34 Å². The van der Waals surface area contributed by atoms with Gasteiger partial charge in [0.25, 0.3) is 0 Å². The molecule has 0 radical (unpaired) electrons. The normalized spacial score (nSPS) is 2.40. The minimum absolute atomic E-state index is 0. The van der Waals surface area contributed by atoms with Crippen LogP contribution in [0.15, 0.2) is 5.34 Å². The van der Waals surface area contributed by atoms with Gasteiger partial charge in [-0.3, -0.25) is 0 Å². The van der Waals surface area contributed by atoms with E-state index in [0.717, 1.165) is 5.34 Å². The van der Waals surface area contributed by atoms with Crippen LogP contribution in [0, 0.1) is 10.1 Å². The molecule has 0 aromatic heterocycles. The van der Waals surface area contributed by atoms with E-state index in [1.807, 2.05) is 0 Å². The van der Waals surface area contributed by atoms with E-state index in [0.29, 0.717) is 0 Å². The van der Waals surface area contributed by atoms with E-state index in [1.165, 1.54) is 0 Å². The van der Waals surface area contributed by atoms with E-state index >= 15 is 0 Å². The summed E-state index contributed by atoms with van der Waals surface area (Å²) in [7, 11) is 0. The largest absolute Gasteiger partial charge is 0.444 e. The fourth-order valence-corrected chi connectivity index (χ4v) is 0. The monoisotopic (exact) mass is 259 g/mol. The molecule has 36 valence electrons. The van der Waals surface area contributed by atoms with Crippen molar-refractivity contribution < 1.29 is 21.1 Å². The Morgan fingerprint density at radius 3 is 1.60 bits per heavy atom. The summed E-state index contributed by atoms with van der Waals surface area (Å²) in [6.45, 7) is 0. The summed E-state index contributed by atoms with van der Waals surface area (Å²) in [6.07, 6.45) is 0. The standard InChI is InChI=1S/HNO2.H3N.Pt/c2-1-3;;/h(H,2,3);1H3;. The van der Waals surface area contributed by atoms with Crippen LogP contribution in [0.4, 0.5) is 0 Å². The average Bonchev–Trinajstić information content (AvgIpc) is 0.918. The van der Waals surface area contributed by atoms with Crippen LogP contribution in [-0.2, 0) is 21.1 Å². The summed E-state index contributed by atoms with van der Waals surface area (Å²) >= 11 is 0. The van der Waals surface area contributed by atoms with Gasteiger partial charge in [-0.1, -0.05) is 0 Å². The van der Waals surface area contributed by atoms with Gasteiger partial charge < -0.3 is 16.3 Å². The third-order valence-electron chi connectivity index (χ3n) is 0. The Labute approximate surface area is 43.3 Å². The van der Waals surface area contributed by atoms with Crippen molar-refractivity contribution in [3.8, 4) is 0 Å². The van der Waals surface area contributed by atoms with Gasteiger partial charge in [-0.2, -0.15) is 0 Å². The Kier molecular flexibility index (Phi) is 135. The van der Waals surface area contributed by atoms with Crippen LogP contribution < -0.4 is 6.15 Å². The molecule has 4 nitrogen and oxygen atoms in total. The fourth-order valence-electron chi connectivity index (χ4n) is 0. The Morgan fingerprint density at radius 2 is 1.60 bits per heavy atom. The molecular weight excluding hydrogens is 255 g/mol. The van der Waals surface area contributed by atoms with Gasteiger partial charge in [0, 0.05) is 21.1 Å². The maximum absolute atomic E-state index is 8.00. The van der Waals surface area contributed by atoms with Gasteiger partial charge in [0.1, 0.15) is 0 Å². The van der Waals surface area contributed by atoms with Gasteiger partial charge in [0.15, 0.2) is 0 Å². The SMILES string of the molecule is O=N[O-].[NH4+].[Pt]. The third-order valence-corrected chi connectivity index (χ3v) is 0. The van der Waals surface area contributed by atoms with Crippen LogP contribution >= 0.6 is 0 Å². The van der Waals surface area contributed by atoms with Crippen LogP contribution in [0.2, 0.25) is 0 Å². The van der Waals surface area contributed by atoms with Crippen molar-refractivity contribution in [3.05, 3.63) is 10.1 Å². The molecule has 0 atom stereocenters. The first-order valence-electron chi connectivity index (χ1n) is 0.365. The van der Waals surface area contributed by atoms with Crippen molar-refractivity contribution in [2.45, 2.75) is 0 Å². The molecule has 0 saturated heterocycles. The molecule has 0 unspecified atom stereocenters. The van der Waals surface area contributed by atoms with Gasteiger partial charge >= 0.3 is 0 Å². The predicted molar refractivity (Wildman–Crippen MR) is 15.1 cm³/mol. The van der Waals surface area contributed by atoms with E-state index in [2.05, 4.69) is 0 Å². The Balaban J connectivity index is -0.0000000200. The number of hydrogen-bond donors (Lipinski definition) is 1. The molecule has 0 aromatic rings. The van der Waals surface area contributed by atoms with E-state index in [-0.39, 0.29) is 27.2 Å². The fraction of sp³-hybridized carbons (Fsp3) is 0. The molecular formula is H4N2O2Pt. The molecule has 0 heterocycles. The minimum Gasteiger partial charge on any atom is -0.444 e. The molecule has 5 heteroatoms. The zero-order chi connectivity index (χ0) is 2.71. The summed E-state index contributed by atoms with van der Waals surface area (Å²) in [4.78, 5) is 8.00. The molecule has 0 aliphatic heterocycles. The minimum atomic E-state index is 0. The van der Waals surface area contributed by atoms with Crippen molar-refractivity contribution in [2.75, 3.05) is 0 Å². The maximum Gasteiger partial charge on any atom is 0 e. The molecule has 0 spiro atoms. The van der Waals surface area contributed by atoms with E-state index in [9.17, 15) is 0 Å². The zero-order valence-corrected chi connectivity index (χ0v) is 4.85. The van der Waals surface area contributed by atoms with E-state index in [4.69, 9.17) is 10.1 Å². The first-order valence-corrected chi connectivity index (χ1v) is 0.365. The van der Waals surface area contributed by atoms with Crippen molar-refractivity contribution in [2.24, 2.45) is 5.34 Å². The van der Waals surface area contributed by atoms with Crippen LogP contribution in [0.3, 0.4) is 0 Å². The molecule has 5 heavy (non-hydrogen) atoms. The van der Waals surface area contributed by atoms with E-state index < -0.39 is 0 Å². The number of nitrogens with zero attached hydrogens (tertiary/aromatic N) is 1. The van der Waals surface area contributed by atoms with E-state index in [1.54, 1.807) is 0 Å². The molecule has 0 fully saturated rings. The van der Waals surface area contributed by atoms with Crippen LogP contribution in [0.1, 0.15) is 0 Å². The molecule has 0 rings (SSSR count). The molecule has 0 aliphatic rings. The third kappa shape index (κ3) is 7280. The summed E-state index contributed by atoms with van der Waals surface area (Å²) in [5.74, 6) is 0. The van der Waals surface area contributed by atoms with Crippen molar-refractivity contribution in [1.82, 2.24) is 6.15 Å². The number of hydrogen-bond acceptors (Lipinski definition) is 3. The summed E-state index contributed by atoms with van der Waals surface area (Å²) in [5.41, 5.74) is 0. The molecule has 0 aromatic carbocycles. The smallest absolute Gasteiger partial charge is 0 e. The van der Waals surface area contributed by atoms with Gasteiger partial charge in [0.05, 0.1) is 0 Å². The molecule has 0 saturated carbocycles. The van der Waals surface area contributed by atoms with Crippen molar-refractivity contribution in [3.63, 3.8) is 0 Å². The summed E-state index contributed by atoms with van der Waals surface area (Å²) < 4.78 is 0. The van der Waals surface area contributed by atoms with Gasteiger partial charge in [0.2, 0.25) is 0 Å². The second-order valence-corrected chi connectivity index (χ2v) is 0.0745. The van der Waals surface area contributed by atoms with Gasteiger partial charge in [-0.05, 0) is 0 Å². The maximum atomic E-state index is 8.00. The number of quaternary nitrogens is 1. The Bertz CT molecular complexity index is 15.1. The summed E-state index contributed by atoms with van der Waals surface area (Å²) in [5, 5.41) is 9.00. The molecule has 4 N–H and O–H groups in total. The first-order chi connectivity index (χ1) is 1.41. The average molecular weight is 259 g/mol. The summed E-state index contributed by atoms with van der Waals surface area (Å²) in [6, 6.07) is 0. The number of rotatable bonds is 0. The topological polar surface area (TPSA) is 89.0 Å². The molecule has 0 amide bonds. The van der Waals surface area contributed by atoms with Crippen LogP contribution in [-0.4, -0.2) is 0 Å². The van der Waals surface area contributed by atoms with Crippen LogP contribution in [0.5, 0.6) is 0 Å². The molecule has 0 bridgehead atoms. The second kappa shape index (κ2) is 34.2. The van der Waals surface area contributed by atoms with Crippen molar-refractivity contribution in [1.29, 1.82) is 0 Å². The predicted octanol–water partition coefficient (Wildman–Crippen LogP) is 0.624. The molecule has 0 aliphatic carbocycles. The van der Waals surface area contributed by atoms with Crippen molar-refractivity contribution >= 4 is 0 Å². The quantitative estimate of drug-likeness (QED) is 0.510. The zero-order valence-electron chi connectivity index (χ0n) is 2.58. The Hall–Kier alpha value is 0.0483. The van der Waals surface area contributed by atoms with Gasteiger partial charge in [-0.25, -0.2) is 0 Å².